The second kappa shape index (κ2) is 7.88. The van der Waals surface area contributed by atoms with Crippen LogP contribution in [0.25, 0.3) is 0 Å². The van der Waals surface area contributed by atoms with Gasteiger partial charge in [0.2, 0.25) is 5.91 Å². The Morgan fingerprint density at radius 3 is 2.80 bits per heavy atom. The lowest BCUT2D eigenvalue weighted by Gasteiger charge is -2.58. The summed E-state index contributed by atoms with van der Waals surface area (Å²) < 4.78 is 5.64. The Morgan fingerprint density at radius 1 is 1.32 bits per heavy atom. The van der Waals surface area contributed by atoms with E-state index in [2.05, 4.69) is 55.0 Å². The Labute approximate surface area is 152 Å². The van der Waals surface area contributed by atoms with Crippen molar-refractivity contribution in [3.8, 4) is 0 Å². The van der Waals surface area contributed by atoms with Crippen LogP contribution in [0, 0.1) is 12.8 Å². The van der Waals surface area contributed by atoms with Crippen LogP contribution in [0.1, 0.15) is 37.3 Å². The van der Waals surface area contributed by atoms with E-state index >= 15 is 0 Å². The predicted octanol–water partition coefficient (Wildman–Crippen LogP) is 2.89. The van der Waals surface area contributed by atoms with Crippen molar-refractivity contribution in [3.63, 3.8) is 0 Å². The van der Waals surface area contributed by atoms with Gasteiger partial charge in [-0.3, -0.25) is 9.69 Å². The van der Waals surface area contributed by atoms with Crippen LogP contribution in [0.4, 0.5) is 0 Å². The molecule has 0 saturated carbocycles. The van der Waals surface area contributed by atoms with Gasteiger partial charge in [-0.1, -0.05) is 24.3 Å². The molecule has 0 N–H and O–H groups in total. The lowest BCUT2D eigenvalue weighted by Crippen LogP contribution is -2.72. The second-order valence-electron chi connectivity index (χ2n) is 7.84. The fourth-order valence-electron chi connectivity index (χ4n) is 4.34. The first-order valence-electron chi connectivity index (χ1n) is 9.65. The molecule has 1 spiro atoms. The minimum Gasteiger partial charge on any atom is -0.381 e. The minimum atomic E-state index is 0.193. The molecule has 2 fully saturated rings. The van der Waals surface area contributed by atoms with Gasteiger partial charge >= 0.3 is 0 Å². The molecule has 1 aromatic rings. The van der Waals surface area contributed by atoms with Gasteiger partial charge in [-0.25, -0.2) is 0 Å². The highest BCUT2D eigenvalue weighted by molar-refractivity contribution is 5.77. The molecule has 0 aliphatic carbocycles. The van der Waals surface area contributed by atoms with E-state index in [4.69, 9.17) is 4.74 Å². The SMILES string of the molecule is CCOC[C@@H]1CCN(C)C2(C1)CN(C(=O)CCc1ccccc1C)C2. The van der Waals surface area contributed by atoms with Gasteiger partial charge in [-0.15, -0.1) is 0 Å². The zero-order valence-electron chi connectivity index (χ0n) is 16.0. The number of amides is 1. The smallest absolute Gasteiger partial charge is 0.223 e. The molecule has 0 bridgehead atoms. The number of hydrogen-bond donors (Lipinski definition) is 0. The predicted molar refractivity (Wildman–Crippen MR) is 101 cm³/mol. The molecule has 1 atom stereocenters. The molecule has 1 aromatic carbocycles. The summed E-state index contributed by atoms with van der Waals surface area (Å²) in [5, 5.41) is 0. The Balaban J connectivity index is 1.50. The molecule has 1 amide bonds. The van der Waals surface area contributed by atoms with Gasteiger partial charge in [-0.2, -0.15) is 0 Å². The average molecular weight is 344 g/mol. The molecule has 0 unspecified atom stereocenters. The van der Waals surface area contributed by atoms with E-state index in [0.29, 0.717) is 18.2 Å². The molecule has 2 aliphatic rings. The molecule has 0 aromatic heterocycles. The number of piperidine rings is 1. The number of carbonyl (C=O) groups is 1. The third kappa shape index (κ3) is 4.06. The fraction of sp³-hybridized carbons (Fsp3) is 0.667. The van der Waals surface area contributed by atoms with Crippen molar-refractivity contribution < 1.29 is 9.53 Å². The van der Waals surface area contributed by atoms with Crippen molar-refractivity contribution >= 4 is 5.91 Å². The van der Waals surface area contributed by atoms with E-state index in [9.17, 15) is 4.79 Å². The average Bonchev–Trinajstić information content (AvgIpc) is 2.58. The molecule has 2 heterocycles. The van der Waals surface area contributed by atoms with Crippen LogP contribution in [0.15, 0.2) is 24.3 Å². The van der Waals surface area contributed by atoms with Crippen LogP contribution < -0.4 is 0 Å². The van der Waals surface area contributed by atoms with E-state index < -0.39 is 0 Å². The first-order valence-corrected chi connectivity index (χ1v) is 9.65. The molecule has 138 valence electrons. The highest BCUT2D eigenvalue weighted by Crippen LogP contribution is 2.38. The quantitative estimate of drug-likeness (QED) is 0.795. The van der Waals surface area contributed by atoms with Gasteiger partial charge in [0.05, 0.1) is 5.54 Å². The largest absolute Gasteiger partial charge is 0.381 e. The van der Waals surface area contributed by atoms with Crippen LogP contribution in [-0.4, -0.2) is 61.1 Å². The molecule has 0 radical (unpaired) electrons. The Kier molecular flexibility index (Phi) is 5.80. The van der Waals surface area contributed by atoms with E-state index in [1.165, 1.54) is 17.5 Å². The van der Waals surface area contributed by atoms with Crippen LogP contribution in [0.3, 0.4) is 0 Å². The van der Waals surface area contributed by atoms with Crippen molar-refractivity contribution in [2.75, 3.05) is 39.9 Å². The number of rotatable bonds is 6. The minimum absolute atomic E-state index is 0.193. The van der Waals surface area contributed by atoms with Crippen LogP contribution >= 0.6 is 0 Å². The summed E-state index contributed by atoms with van der Waals surface area (Å²) in [5.41, 5.74) is 2.76. The van der Waals surface area contributed by atoms with E-state index in [1.807, 2.05) is 0 Å². The molecule has 3 rings (SSSR count). The van der Waals surface area contributed by atoms with Crippen molar-refractivity contribution in [1.29, 1.82) is 0 Å². The van der Waals surface area contributed by atoms with Crippen LogP contribution in [0.2, 0.25) is 0 Å². The first-order chi connectivity index (χ1) is 12.0. The zero-order valence-corrected chi connectivity index (χ0v) is 16.0. The van der Waals surface area contributed by atoms with Gasteiger partial charge in [0, 0.05) is 32.7 Å². The van der Waals surface area contributed by atoms with Crippen molar-refractivity contribution in [3.05, 3.63) is 35.4 Å². The molecular weight excluding hydrogens is 312 g/mol. The number of likely N-dealkylation sites (N-methyl/N-ethyl adjacent to an activating group) is 1. The first kappa shape index (κ1) is 18.4. The Hall–Kier alpha value is -1.39. The zero-order chi connectivity index (χ0) is 17.9. The maximum absolute atomic E-state index is 12.6. The Morgan fingerprint density at radius 2 is 2.08 bits per heavy atom. The molecule has 4 heteroatoms. The standard InChI is InChI=1S/C21H32N2O2/c1-4-25-14-18-11-12-22(3)21(13-18)15-23(16-21)20(24)10-9-19-8-6-5-7-17(19)2/h5-8,18H,4,9-16H2,1-3H3/t18-/m1/s1. The van der Waals surface area contributed by atoms with E-state index in [1.54, 1.807) is 0 Å². The molecule has 4 nitrogen and oxygen atoms in total. The van der Waals surface area contributed by atoms with Crippen molar-refractivity contribution in [2.45, 2.75) is 45.1 Å². The van der Waals surface area contributed by atoms with E-state index in [0.717, 1.165) is 45.7 Å². The highest BCUT2D eigenvalue weighted by Gasteiger charge is 2.50. The van der Waals surface area contributed by atoms with Gasteiger partial charge in [0.15, 0.2) is 0 Å². The number of benzene rings is 1. The van der Waals surface area contributed by atoms with Crippen molar-refractivity contribution in [2.24, 2.45) is 5.92 Å². The molecule has 25 heavy (non-hydrogen) atoms. The van der Waals surface area contributed by atoms with E-state index in [-0.39, 0.29) is 5.54 Å². The van der Waals surface area contributed by atoms with Gasteiger partial charge in [0.25, 0.3) is 0 Å². The van der Waals surface area contributed by atoms with Crippen LogP contribution in [0.5, 0.6) is 0 Å². The van der Waals surface area contributed by atoms with Gasteiger partial charge in [0.1, 0.15) is 0 Å². The fourth-order valence-corrected chi connectivity index (χ4v) is 4.34. The van der Waals surface area contributed by atoms with Crippen LogP contribution in [-0.2, 0) is 16.0 Å². The lowest BCUT2D eigenvalue weighted by atomic mass is 9.75. The third-order valence-electron chi connectivity index (χ3n) is 6.10. The summed E-state index contributed by atoms with van der Waals surface area (Å²) >= 11 is 0. The highest BCUT2D eigenvalue weighted by atomic mass is 16.5. The number of aryl methyl sites for hydroxylation is 2. The normalized spacial score (nSPS) is 22.8. The Bertz CT molecular complexity index is 593. The third-order valence-corrected chi connectivity index (χ3v) is 6.10. The molecule has 2 aliphatic heterocycles. The number of hydrogen-bond acceptors (Lipinski definition) is 3. The summed E-state index contributed by atoms with van der Waals surface area (Å²) in [7, 11) is 2.21. The monoisotopic (exact) mass is 344 g/mol. The number of ether oxygens (including phenoxy) is 1. The maximum atomic E-state index is 12.6. The molecular formula is C21H32N2O2. The number of carbonyl (C=O) groups excluding carboxylic acids is 1. The summed E-state index contributed by atoms with van der Waals surface area (Å²) in [6, 6.07) is 8.36. The lowest BCUT2D eigenvalue weighted by molar-refractivity contribution is -0.151. The second-order valence-corrected chi connectivity index (χ2v) is 7.84. The van der Waals surface area contributed by atoms with Gasteiger partial charge < -0.3 is 9.64 Å². The number of nitrogens with zero attached hydrogens (tertiary/aromatic N) is 2. The molecule has 2 saturated heterocycles. The summed E-state index contributed by atoms with van der Waals surface area (Å²) in [4.78, 5) is 17.1. The summed E-state index contributed by atoms with van der Waals surface area (Å²) in [6.07, 6.45) is 3.83. The summed E-state index contributed by atoms with van der Waals surface area (Å²) in [6.45, 7) is 8.73. The van der Waals surface area contributed by atoms with Crippen molar-refractivity contribution in [1.82, 2.24) is 9.80 Å². The number of likely N-dealkylation sites (tertiary alicyclic amines) is 2. The maximum Gasteiger partial charge on any atom is 0.223 e. The van der Waals surface area contributed by atoms with Gasteiger partial charge in [-0.05, 0) is 63.7 Å². The summed E-state index contributed by atoms with van der Waals surface area (Å²) in [5.74, 6) is 0.939. The topological polar surface area (TPSA) is 32.8 Å².